The fourth-order valence-corrected chi connectivity index (χ4v) is 2.62. The van der Waals surface area contributed by atoms with Gasteiger partial charge in [0.2, 0.25) is 5.91 Å². The van der Waals surface area contributed by atoms with E-state index in [1.807, 2.05) is 13.8 Å². The number of carbonyl (C=O) groups excluding carboxylic acids is 2. The lowest BCUT2D eigenvalue weighted by atomic mass is 9.97. The van der Waals surface area contributed by atoms with Gasteiger partial charge in [-0.3, -0.25) is 9.59 Å². The van der Waals surface area contributed by atoms with Gasteiger partial charge in [0.05, 0.1) is 5.92 Å². The molecule has 0 aromatic rings. The molecule has 0 aromatic carbocycles. The number of carbonyl (C=O) groups is 3. The number of aliphatic carboxylic acids is 1. The van der Waals surface area contributed by atoms with Crippen molar-refractivity contribution in [3.8, 4) is 0 Å². The standard InChI is InChI=1S/C14H25N3O4/c1-9(2)7-10(13(19)20)8-16-14(21)17-6-4-3-5-11(17)12(15)18/h9-11H,3-8H2,1-2H3,(H2,15,18)(H,16,21)(H,19,20). The van der Waals surface area contributed by atoms with Crippen LogP contribution in [0, 0.1) is 11.8 Å². The highest BCUT2D eigenvalue weighted by molar-refractivity contribution is 5.86. The lowest BCUT2D eigenvalue weighted by molar-refractivity contribution is -0.142. The van der Waals surface area contributed by atoms with Gasteiger partial charge in [0.15, 0.2) is 0 Å². The smallest absolute Gasteiger partial charge is 0.318 e. The van der Waals surface area contributed by atoms with Gasteiger partial charge in [0, 0.05) is 13.1 Å². The number of hydrogen-bond donors (Lipinski definition) is 3. The number of urea groups is 1. The molecule has 1 rings (SSSR count). The lowest BCUT2D eigenvalue weighted by Crippen LogP contribution is -2.54. The van der Waals surface area contributed by atoms with Crippen LogP contribution in [0.25, 0.3) is 0 Å². The number of likely N-dealkylation sites (tertiary alicyclic amines) is 1. The second kappa shape index (κ2) is 7.85. The summed E-state index contributed by atoms with van der Waals surface area (Å²) in [7, 11) is 0. The molecular formula is C14H25N3O4. The summed E-state index contributed by atoms with van der Waals surface area (Å²) in [6, 6.07) is -0.999. The van der Waals surface area contributed by atoms with Gasteiger partial charge in [-0.1, -0.05) is 13.8 Å². The summed E-state index contributed by atoms with van der Waals surface area (Å²) in [5, 5.41) is 11.8. The average molecular weight is 299 g/mol. The first-order valence-electron chi connectivity index (χ1n) is 7.39. The van der Waals surface area contributed by atoms with Crippen LogP contribution in [-0.4, -0.2) is 47.0 Å². The van der Waals surface area contributed by atoms with Crippen molar-refractivity contribution in [2.75, 3.05) is 13.1 Å². The molecule has 21 heavy (non-hydrogen) atoms. The highest BCUT2D eigenvalue weighted by Gasteiger charge is 2.31. The van der Waals surface area contributed by atoms with E-state index in [-0.39, 0.29) is 12.5 Å². The van der Waals surface area contributed by atoms with E-state index in [1.165, 1.54) is 4.90 Å². The predicted octanol–water partition coefficient (Wildman–Crippen LogP) is 0.783. The fraction of sp³-hybridized carbons (Fsp3) is 0.786. The molecule has 2 unspecified atom stereocenters. The molecule has 3 amide bonds. The molecule has 7 nitrogen and oxygen atoms in total. The fourth-order valence-electron chi connectivity index (χ4n) is 2.62. The summed E-state index contributed by atoms with van der Waals surface area (Å²) in [5.74, 6) is -1.82. The normalized spacial score (nSPS) is 20.1. The lowest BCUT2D eigenvalue weighted by Gasteiger charge is -2.33. The van der Waals surface area contributed by atoms with Gasteiger partial charge in [-0.25, -0.2) is 4.79 Å². The van der Waals surface area contributed by atoms with Gasteiger partial charge in [0.25, 0.3) is 0 Å². The van der Waals surface area contributed by atoms with Crippen LogP contribution in [-0.2, 0) is 9.59 Å². The predicted molar refractivity (Wildman–Crippen MR) is 77.5 cm³/mol. The molecule has 0 aromatic heterocycles. The zero-order valence-electron chi connectivity index (χ0n) is 12.7. The number of carboxylic acids is 1. The minimum atomic E-state index is -0.922. The van der Waals surface area contributed by atoms with Crippen molar-refractivity contribution in [1.29, 1.82) is 0 Å². The van der Waals surface area contributed by atoms with Crippen LogP contribution < -0.4 is 11.1 Å². The molecule has 0 radical (unpaired) electrons. The molecule has 0 saturated carbocycles. The Kier molecular flexibility index (Phi) is 6.45. The van der Waals surface area contributed by atoms with Crippen molar-refractivity contribution < 1.29 is 19.5 Å². The molecule has 1 heterocycles. The molecule has 7 heteroatoms. The summed E-state index contributed by atoms with van der Waals surface area (Å²) < 4.78 is 0. The van der Waals surface area contributed by atoms with Gasteiger partial charge < -0.3 is 21.1 Å². The molecule has 0 spiro atoms. The van der Waals surface area contributed by atoms with Crippen molar-refractivity contribution in [2.45, 2.75) is 45.6 Å². The quantitative estimate of drug-likeness (QED) is 0.672. The molecule has 1 saturated heterocycles. The third-order valence-electron chi connectivity index (χ3n) is 3.70. The minimum Gasteiger partial charge on any atom is -0.481 e. The summed E-state index contributed by atoms with van der Waals surface area (Å²) in [4.78, 5) is 36.1. The number of rotatable bonds is 6. The number of nitrogens with zero attached hydrogens (tertiary/aromatic N) is 1. The molecule has 120 valence electrons. The largest absolute Gasteiger partial charge is 0.481 e. The molecule has 1 aliphatic heterocycles. The van der Waals surface area contributed by atoms with Crippen molar-refractivity contribution >= 4 is 17.9 Å². The Morgan fingerprint density at radius 2 is 2.00 bits per heavy atom. The van der Waals surface area contributed by atoms with Gasteiger partial charge in [-0.15, -0.1) is 0 Å². The Balaban J connectivity index is 2.58. The van der Waals surface area contributed by atoms with Crippen LogP contribution in [0.3, 0.4) is 0 Å². The average Bonchev–Trinajstić information content (AvgIpc) is 2.42. The summed E-state index contributed by atoms with van der Waals surface area (Å²) >= 11 is 0. The number of amides is 3. The summed E-state index contributed by atoms with van der Waals surface area (Å²) in [5.41, 5.74) is 5.31. The van der Waals surface area contributed by atoms with E-state index in [4.69, 9.17) is 10.8 Å². The van der Waals surface area contributed by atoms with E-state index in [2.05, 4.69) is 5.32 Å². The number of nitrogens with two attached hydrogens (primary N) is 1. The monoisotopic (exact) mass is 299 g/mol. The zero-order valence-corrected chi connectivity index (χ0v) is 12.7. The van der Waals surface area contributed by atoms with E-state index in [9.17, 15) is 14.4 Å². The zero-order chi connectivity index (χ0) is 16.0. The topological polar surface area (TPSA) is 113 Å². The Morgan fingerprint density at radius 1 is 1.33 bits per heavy atom. The van der Waals surface area contributed by atoms with Crippen LogP contribution in [0.15, 0.2) is 0 Å². The molecule has 0 bridgehead atoms. The van der Waals surface area contributed by atoms with E-state index < -0.39 is 29.9 Å². The summed E-state index contributed by atoms with van der Waals surface area (Å²) in [6.07, 6.45) is 2.75. The molecule has 1 fully saturated rings. The second-order valence-corrected chi connectivity index (χ2v) is 5.96. The van der Waals surface area contributed by atoms with Crippen molar-refractivity contribution in [2.24, 2.45) is 17.6 Å². The van der Waals surface area contributed by atoms with Crippen LogP contribution in [0.4, 0.5) is 4.79 Å². The van der Waals surface area contributed by atoms with Crippen LogP contribution in [0.1, 0.15) is 39.5 Å². The summed E-state index contributed by atoms with van der Waals surface area (Å²) in [6.45, 7) is 4.41. The SMILES string of the molecule is CC(C)CC(CNC(=O)N1CCCCC1C(N)=O)C(=O)O. The molecular weight excluding hydrogens is 274 g/mol. The first-order valence-corrected chi connectivity index (χ1v) is 7.39. The van der Waals surface area contributed by atoms with E-state index in [1.54, 1.807) is 0 Å². The van der Waals surface area contributed by atoms with E-state index in [0.717, 1.165) is 12.8 Å². The Labute approximate surface area is 124 Å². The number of primary amides is 1. The maximum Gasteiger partial charge on any atom is 0.318 e. The molecule has 1 aliphatic rings. The number of carboxylic acid groups (broad SMARTS) is 1. The third kappa shape index (κ3) is 5.24. The number of hydrogen-bond acceptors (Lipinski definition) is 3. The van der Waals surface area contributed by atoms with Crippen LogP contribution >= 0.6 is 0 Å². The van der Waals surface area contributed by atoms with Crippen molar-refractivity contribution in [1.82, 2.24) is 10.2 Å². The highest BCUT2D eigenvalue weighted by Crippen LogP contribution is 2.17. The highest BCUT2D eigenvalue weighted by atomic mass is 16.4. The minimum absolute atomic E-state index is 0.0638. The number of piperidine rings is 1. The Bertz CT molecular complexity index is 398. The van der Waals surface area contributed by atoms with Gasteiger partial charge in [-0.05, 0) is 31.6 Å². The van der Waals surface area contributed by atoms with Crippen LogP contribution in [0.2, 0.25) is 0 Å². The molecule has 2 atom stereocenters. The van der Waals surface area contributed by atoms with Gasteiger partial charge >= 0.3 is 12.0 Å². The van der Waals surface area contributed by atoms with Crippen molar-refractivity contribution in [3.05, 3.63) is 0 Å². The van der Waals surface area contributed by atoms with Crippen molar-refractivity contribution in [3.63, 3.8) is 0 Å². The Hall–Kier alpha value is -1.79. The van der Waals surface area contributed by atoms with E-state index >= 15 is 0 Å². The first kappa shape index (κ1) is 17.3. The second-order valence-electron chi connectivity index (χ2n) is 5.96. The van der Waals surface area contributed by atoms with Crippen LogP contribution in [0.5, 0.6) is 0 Å². The Morgan fingerprint density at radius 3 is 2.52 bits per heavy atom. The molecule has 4 N–H and O–H groups in total. The first-order chi connectivity index (χ1) is 9.82. The maximum absolute atomic E-state index is 12.1. The molecule has 0 aliphatic carbocycles. The van der Waals surface area contributed by atoms with E-state index in [0.29, 0.717) is 19.4 Å². The van der Waals surface area contributed by atoms with Gasteiger partial charge in [-0.2, -0.15) is 0 Å². The third-order valence-corrected chi connectivity index (χ3v) is 3.70. The van der Waals surface area contributed by atoms with Gasteiger partial charge in [0.1, 0.15) is 6.04 Å². The number of nitrogens with one attached hydrogen (secondary N) is 1. The maximum atomic E-state index is 12.1.